The molecule has 0 aromatic carbocycles. The van der Waals surface area contributed by atoms with E-state index in [0.29, 0.717) is 6.54 Å². The number of likely N-dealkylation sites (tertiary alicyclic amines) is 1. The van der Waals surface area contributed by atoms with Crippen molar-refractivity contribution in [3.05, 3.63) is 22.4 Å². The molecule has 2 heterocycles. The second-order valence-corrected chi connectivity index (χ2v) is 7.42. The van der Waals surface area contributed by atoms with Crippen LogP contribution in [0.5, 0.6) is 0 Å². The van der Waals surface area contributed by atoms with Crippen LogP contribution < -0.4 is 5.32 Å². The zero-order chi connectivity index (χ0) is 16.7. The highest BCUT2D eigenvalue weighted by atomic mass is 32.1. The van der Waals surface area contributed by atoms with Crippen LogP contribution in [-0.4, -0.2) is 35.8 Å². The van der Waals surface area contributed by atoms with Crippen molar-refractivity contribution in [1.29, 1.82) is 0 Å². The van der Waals surface area contributed by atoms with E-state index < -0.39 is 0 Å². The molecule has 1 N–H and O–H groups in total. The summed E-state index contributed by atoms with van der Waals surface area (Å²) in [6.07, 6.45) is 6.38. The third-order valence-corrected chi connectivity index (χ3v) is 5.30. The lowest BCUT2D eigenvalue weighted by molar-refractivity contribution is -0.127. The summed E-state index contributed by atoms with van der Waals surface area (Å²) < 4.78 is 0. The van der Waals surface area contributed by atoms with E-state index in [1.165, 1.54) is 24.2 Å². The van der Waals surface area contributed by atoms with Crippen molar-refractivity contribution >= 4 is 23.2 Å². The van der Waals surface area contributed by atoms with Crippen LogP contribution in [0.3, 0.4) is 0 Å². The summed E-state index contributed by atoms with van der Waals surface area (Å²) in [6.45, 7) is 5.56. The van der Waals surface area contributed by atoms with Gasteiger partial charge in [0.2, 0.25) is 5.91 Å². The molecule has 0 radical (unpaired) electrons. The molecule has 1 aromatic rings. The predicted molar refractivity (Wildman–Crippen MR) is 94.7 cm³/mol. The zero-order valence-corrected chi connectivity index (χ0v) is 15.0. The Balaban J connectivity index is 1.83. The van der Waals surface area contributed by atoms with Gasteiger partial charge in [-0.1, -0.05) is 32.3 Å². The first-order chi connectivity index (χ1) is 11.1. The SMILES string of the molecule is CCCCCC(C)NC(=O)C1CCCN(C(=O)c2cccs2)C1. The van der Waals surface area contributed by atoms with Gasteiger partial charge >= 0.3 is 0 Å². The Kier molecular flexibility index (Phi) is 7.09. The molecule has 2 rings (SSSR count). The molecule has 2 amide bonds. The van der Waals surface area contributed by atoms with Crippen LogP contribution in [0, 0.1) is 5.92 Å². The summed E-state index contributed by atoms with van der Waals surface area (Å²) in [4.78, 5) is 27.5. The van der Waals surface area contributed by atoms with Gasteiger partial charge in [0.1, 0.15) is 0 Å². The Labute approximate surface area is 143 Å². The van der Waals surface area contributed by atoms with Crippen LogP contribution in [-0.2, 0) is 4.79 Å². The maximum absolute atomic E-state index is 12.4. The van der Waals surface area contributed by atoms with Crippen molar-refractivity contribution in [2.45, 2.75) is 58.4 Å². The topological polar surface area (TPSA) is 49.4 Å². The van der Waals surface area contributed by atoms with Crippen LogP contribution in [0.25, 0.3) is 0 Å². The van der Waals surface area contributed by atoms with E-state index in [0.717, 1.165) is 37.1 Å². The van der Waals surface area contributed by atoms with Crippen molar-refractivity contribution in [2.24, 2.45) is 5.92 Å². The Morgan fingerprint density at radius 2 is 2.26 bits per heavy atom. The van der Waals surface area contributed by atoms with E-state index in [1.807, 2.05) is 22.4 Å². The van der Waals surface area contributed by atoms with Crippen molar-refractivity contribution < 1.29 is 9.59 Å². The number of carbonyl (C=O) groups is 2. The number of hydrogen-bond donors (Lipinski definition) is 1. The number of unbranched alkanes of at least 4 members (excludes halogenated alkanes) is 2. The molecule has 2 unspecified atom stereocenters. The lowest BCUT2D eigenvalue weighted by Gasteiger charge is -2.32. The molecule has 0 bridgehead atoms. The second-order valence-electron chi connectivity index (χ2n) is 6.47. The molecule has 5 heteroatoms. The summed E-state index contributed by atoms with van der Waals surface area (Å²) in [5.74, 6) is 0.104. The molecule has 128 valence electrons. The molecular formula is C18H28N2O2S. The molecule has 23 heavy (non-hydrogen) atoms. The third kappa shape index (κ3) is 5.34. The van der Waals surface area contributed by atoms with Gasteiger partial charge in [0, 0.05) is 19.1 Å². The summed E-state index contributed by atoms with van der Waals surface area (Å²) in [5, 5.41) is 5.04. The zero-order valence-electron chi connectivity index (χ0n) is 14.2. The van der Waals surface area contributed by atoms with Gasteiger partial charge in [0.05, 0.1) is 10.8 Å². The number of nitrogens with one attached hydrogen (secondary N) is 1. The maximum atomic E-state index is 12.4. The van der Waals surface area contributed by atoms with Crippen molar-refractivity contribution in [1.82, 2.24) is 10.2 Å². The number of rotatable bonds is 7. The average Bonchev–Trinajstić information content (AvgIpc) is 3.09. The molecule has 1 aliphatic rings. The van der Waals surface area contributed by atoms with Gasteiger partial charge in [-0.2, -0.15) is 0 Å². The van der Waals surface area contributed by atoms with E-state index in [4.69, 9.17) is 0 Å². The molecule has 1 fully saturated rings. The predicted octanol–water partition coefficient (Wildman–Crippen LogP) is 3.69. The second kappa shape index (κ2) is 9.06. The molecule has 0 aliphatic carbocycles. The largest absolute Gasteiger partial charge is 0.353 e. The van der Waals surface area contributed by atoms with Crippen LogP contribution >= 0.6 is 11.3 Å². The monoisotopic (exact) mass is 336 g/mol. The lowest BCUT2D eigenvalue weighted by Crippen LogP contribution is -2.47. The van der Waals surface area contributed by atoms with Crippen molar-refractivity contribution in [2.75, 3.05) is 13.1 Å². The quantitative estimate of drug-likeness (QED) is 0.772. The van der Waals surface area contributed by atoms with Crippen LogP contribution in [0.1, 0.15) is 62.0 Å². The van der Waals surface area contributed by atoms with Crippen molar-refractivity contribution in [3.8, 4) is 0 Å². The fraction of sp³-hybridized carbons (Fsp3) is 0.667. The first-order valence-corrected chi connectivity index (χ1v) is 9.63. The Morgan fingerprint density at radius 1 is 1.43 bits per heavy atom. The number of carbonyl (C=O) groups excluding carboxylic acids is 2. The number of piperidine rings is 1. The highest BCUT2D eigenvalue weighted by molar-refractivity contribution is 7.12. The van der Waals surface area contributed by atoms with E-state index in [2.05, 4.69) is 19.2 Å². The van der Waals surface area contributed by atoms with E-state index >= 15 is 0 Å². The summed E-state index contributed by atoms with van der Waals surface area (Å²) in [6, 6.07) is 3.97. The van der Waals surface area contributed by atoms with Gasteiger partial charge < -0.3 is 10.2 Å². The molecule has 0 saturated carbocycles. The Hall–Kier alpha value is -1.36. The summed E-state index contributed by atoms with van der Waals surface area (Å²) in [5.41, 5.74) is 0. The van der Waals surface area contributed by atoms with E-state index in [1.54, 1.807) is 0 Å². The minimum Gasteiger partial charge on any atom is -0.353 e. The van der Waals surface area contributed by atoms with Gasteiger partial charge in [-0.05, 0) is 37.6 Å². The average molecular weight is 337 g/mol. The van der Waals surface area contributed by atoms with E-state index in [-0.39, 0.29) is 23.8 Å². The maximum Gasteiger partial charge on any atom is 0.263 e. The number of hydrogen-bond acceptors (Lipinski definition) is 3. The molecule has 4 nitrogen and oxygen atoms in total. The van der Waals surface area contributed by atoms with Gasteiger partial charge in [0.15, 0.2) is 0 Å². The van der Waals surface area contributed by atoms with Crippen LogP contribution in [0.15, 0.2) is 17.5 Å². The molecule has 2 atom stereocenters. The molecular weight excluding hydrogens is 308 g/mol. The normalized spacial score (nSPS) is 19.4. The Morgan fingerprint density at radius 3 is 2.96 bits per heavy atom. The third-order valence-electron chi connectivity index (χ3n) is 4.44. The van der Waals surface area contributed by atoms with Gasteiger partial charge in [-0.15, -0.1) is 11.3 Å². The minimum absolute atomic E-state index is 0.0634. The number of nitrogens with zero attached hydrogens (tertiary/aromatic N) is 1. The molecule has 1 saturated heterocycles. The standard InChI is InChI=1S/C18H28N2O2S/c1-3-4-5-8-14(2)19-17(21)15-9-6-11-20(13-15)18(22)16-10-7-12-23-16/h7,10,12,14-15H,3-6,8-9,11,13H2,1-2H3,(H,19,21). The highest BCUT2D eigenvalue weighted by Gasteiger charge is 2.29. The fourth-order valence-corrected chi connectivity index (χ4v) is 3.76. The smallest absolute Gasteiger partial charge is 0.263 e. The molecule has 1 aromatic heterocycles. The van der Waals surface area contributed by atoms with Gasteiger partial charge in [-0.25, -0.2) is 0 Å². The van der Waals surface area contributed by atoms with E-state index in [9.17, 15) is 9.59 Å². The van der Waals surface area contributed by atoms with Gasteiger partial charge in [0.25, 0.3) is 5.91 Å². The minimum atomic E-state index is -0.0683. The lowest BCUT2D eigenvalue weighted by atomic mass is 9.96. The van der Waals surface area contributed by atoms with Crippen LogP contribution in [0.4, 0.5) is 0 Å². The highest BCUT2D eigenvalue weighted by Crippen LogP contribution is 2.21. The summed E-state index contributed by atoms with van der Waals surface area (Å²) >= 11 is 1.46. The van der Waals surface area contributed by atoms with Crippen LogP contribution in [0.2, 0.25) is 0 Å². The molecule has 0 spiro atoms. The number of thiophene rings is 1. The summed E-state index contributed by atoms with van der Waals surface area (Å²) in [7, 11) is 0. The number of amides is 2. The first-order valence-electron chi connectivity index (χ1n) is 8.75. The van der Waals surface area contributed by atoms with Crippen molar-refractivity contribution in [3.63, 3.8) is 0 Å². The fourth-order valence-electron chi connectivity index (χ4n) is 3.07. The molecule has 1 aliphatic heterocycles. The first kappa shape index (κ1) is 18.0. The Bertz CT molecular complexity index is 501. The van der Waals surface area contributed by atoms with Gasteiger partial charge in [-0.3, -0.25) is 9.59 Å².